The van der Waals surface area contributed by atoms with Gasteiger partial charge in [0.05, 0.1) is 0 Å². The van der Waals surface area contributed by atoms with Crippen molar-refractivity contribution in [2.75, 3.05) is 20.1 Å². The number of hydrogen-bond acceptors (Lipinski definition) is 1. The second-order valence-electron chi connectivity index (χ2n) is 4.16. The number of guanidine groups is 1. The fourth-order valence-electron chi connectivity index (χ4n) is 1.71. The van der Waals surface area contributed by atoms with E-state index in [0.717, 1.165) is 19.0 Å². The molecule has 18 heavy (non-hydrogen) atoms. The normalized spacial score (nSPS) is 10.9. The summed E-state index contributed by atoms with van der Waals surface area (Å²) in [6.45, 7) is 6.23. The SMILES string of the molecule is C#CCN=C(NCC)N(C)Cc1ccccc1C. The quantitative estimate of drug-likeness (QED) is 0.498. The Balaban J connectivity index is 2.76. The van der Waals surface area contributed by atoms with E-state index >= 15 is 0 Å². The van der Waals surface area contributed by atoms with Crippen LogP contribution in [0.25, 0.3) is 0 Å². The lowest BCUT2D eigenvalue weighted by atomic mass is 10.1. The molecule has 1 rings (SSSR count). The van der Waals surface area contributed by atoms with E-state index in [0.29, 0.717) is 6.54 Å². The lowest BCUT2D eigenvalue weighted by Crippen LogP contribution is -2.38. The summed E-state index contributed by atoms with van der Waals surface area (Å²) in [4.78, 5) is 6.44. The van der Waals surface area contributed by atoms with Gasteiger partial charge in [0, 0.05) is 20.1 Å². The van der Waals surface area contributed by atoms with Gasteiger partial charge in [-0.2, -0.15) is 0 Å². The van der Waals surface area contributed by atoms with Gasteiger partial charge in [-0.15, -0.1) is 6.42 Å². The van der Waals surface area contributed by atoms with Gasteiger partial charge in [0.15, 0.2) is 5.96 Å². The summed E-state index contributed by atoms with van der Waals surface area (Å²) < 4.78 is 0. The summed E-state index contributed by atoms with van der Waals surface area (Å²) in [5.74, 6) is 3.38. The number of benzene rings is 1. The molecule has 0 heterocycles. The predicted molar refractivity (Wildman–Crippen MR) is 77.5 cm³/mol. The molecule has 0 saturated carbocycles. The summed E-state index contributed by atoms with van der Waals surface area (Å²) in [6, 6.07) is 8.36. The van der Waals surface area contributed by atoms with Gasteiger partial charge >= 0.3 is 0 Å². The van der Waals surface area contributed by atoms with E-state index in [4.69, 9.17) is 6.42 Å². The highest BCUT2D eigenvalue weighted by Gasteiger charge is 2.07. The molecule has 0 spiro atoms. The topological polar surface area (TPSA) is 27.6 Å². The summed E-state index contributed by atoms with van der Waals surface area (Å²) >= 11 is 0. The molecule has 1 N–H and O–H groups in total. The molecule has 0 aliphatic rings. The van der Waals surface area contributed by atoms with Crippen LogP contribution in [0, 0.1) is 19.3 Å². The Labute approximate surface area is 110 Å². The van der Waals surface area contributed by atoms with Crippen LogP contribution in [-0.4, -0.2) is 31.0 Å². The largest absolute Gasteiger partial charge is 0.356 e. The standard InChI is InChI=1S/C15H21N3/c1-5-11-17-15(16-6-2)18(4)12-14-10-8-7-9-13(14)3/h1,7-10H,6,11-12H2,2-4H3,(H,16,17). The van der Waals surface area contributed by atoms with E-state index < -0.39 is 0 Å². The lowest BCUT2D eigenvalue weighted by molar-refractivity contribution is 0.477. The zero-order chi connectivity index (χ0) is 13.4. The fraction of sp³-hybridized carbons (Fsp3) is 0.400. The van der Waals surface area contributed by atoms with Crippen molar-refractivity contribution in [2.45, 2.75) is 20.4 Å². The van der Waals surface area contributed by atoms with Crippen molar-refractivity contribution < 1.29 is 0 Å². The molecule has 3 nitrogen and oxygen atoms in total. The summed E-state index contributed by atoms with van der Waals surface area (Å²) in [5.41, 5.74) is 2.59. The number of nitrogens with one attached hydrogen (secondary N) is 1. The molecule has 0 bridgehead atoms. The smallest absolute Gasteiger partial charge is 0.194 e. The Hall–Kier alpha value is -1.95. The summed E-state index contributed by atoms with van der Waals surface area (Å²) in [6.07, 6.45) is 5.25. The Morgan fingerprint density at radius 2 is 2.17 bits per heavy atom. The van der Waals surface area contributed by atoms with Gasteiger partial charge < -0.3 is 10.2 Å². The van der Waals surface area contributed by atoms with E-state index in [2.05, 4.69) is 52.3 Å². The monoisotopic (exact) mass is 243 g/mol. The van der Waals surface area contributed by atoms with Crippen molar-refractivity contribution in [3.8, 4) is 12.3 Å². The van der Waals surface area contributed by atoms with E-state index in [-0.39, 0.29) is 0 Å². The van der Waals surface area contributed by atoms with Gasteiger partial charge in [0.2, 0.25) is 0 Å². The first-order valence-electron chi connectivity index (χ1n) is 6.16. The van der Waals surface area contributed by atoms with Crippen molar-refractivity contribution in [3.05, 3.63) is 35.4 Å². The number of aliphatic imine (C=N–C) groups is 1. The van der Waals surface area contributed by atoms with Gasteiger partial charge in [0.25, 0.3) is 0 Å². The highest BCUT2D eigenvalue weighted by molar-refractivity contribution is 5.79. The second kappa shape index (κ2) is 7.39. The van der Waals surface area contributed by atoms with Crippen LogP contribution < -0.4 is 5.32 Å². The minimum Gasteiger partial charge on any atom is -0.356 e. The molecule has 0 aliphatic heterocycles. The Kier molecular flexibility index (Phi) is 5.79. The van der Waals surface area contributed by atoms with Crippen molar-refractivity contribution in [1.29, 1.82) is 0 Å². The van der Waals surface area contributed by atoms with Crippen LogP contribution in [0.2, 0.25) is 0 Å². The molecule has 0 aliphatic carbocycles. The van der Waals surface area contributed by atoms with Crippen molar-refractivity contribution >= 4 is 5.96 Å². The maximum Gasteiger partial charge on any atom is 0.194 e. The molecule has 0 fully saturated rings. The minimum absolute atomic E-state index is 0.403. The fourth-order valence-corrected chi connectivity index (χ4v) is 1.71. The molecular weight excluding hydrogens is 222 g/mol. The number of hydrogen-bond donors (Lipinski definition) is 1. The predicted octanol–water partition coefficient (Wildman–Crippen LogP) is 2.03. The third-order valence-electron chi connectivity index (χ3n) is 2.69. The van der Waals surface area contributed by atoms with Crippen molar-refractivity contribution in [3.63, 3.8) is 0 Å². The van der Waals surface area contributed by atoms with E-state index in [1.54, 1.807) is 0 Å². The Morgan fingerprint density at radius 3 is 2.78 bits per heavy atom. The second-order valence-corrected chi connectivity index (χ2v) is 4.16. The highest BCUT2D eigenvalue weighted by Crippen LogP contribution is 2.09. The lowest BCUT2D eigenvalue weighted by Gasteiger charge is -2.22. The van der Waals surface area contributed by atoms with Gasteiger partial charge in [0.1, 0.15) is 6.54 Å². The first kappa shape index (κ1) is 14.1. The zero-order valence-corrected chi connectivity index (χ0v) is 11.4. The van der Waals surface area contributed by atoms with Gasteiger partial charge in [-0.25, -0.2) is 4.99 Å². The van der Waals surface area contributed by atoms with Crippen molar-refractivity contribution in [1.82, 2.24) is 10.2 Å². The molecule has 0 amide bonds. The number of nitrogens with zero attached hydrogens (tertiary/aromatic N) is 2. The molecule has 0 unspecified atom stereocenters. The molecule has 1 aromatic rings. The molecule has 96 valence electrons. The molecule has 0 saturated heterocycles. The Morgan fingerprint density at radius 1 is 1.44 bits per heavy atom. The molecule has 0 atom stereocenters. The first-order valence-corrected chi connectivity index (χ1v) is 6.16. The number of terminal acetylenes is 1. The zero-order valence-electron chi connectivity index (χ0n) is 11.4. The van der Waals surface area contributed by atoms with Crippen LogP contribution in [0.4, 0.5) is 0 Å². The summed E-state index contributed by atoms with van der Waals surface area (Å²) in [5, 5.41) is 3.24. The van der Waals surface area contributed by atoms with E-state index in [9.17, 15) is 0 Å². The van der Waals surface area contributed by atoms with E-state index in [1.807, 2.05) is 14.0 Å². The highest BCUT2D eigenvalue weighted by atomic mass is 15.3. The van der Waals surface area contributed by atoms with Gasteiger partial charge in [-0.05, 0) is 25.0 Å². The minimum atomic E-state index is 0.403. The Bertz CT molecular complexity index is 443. The maximum absolute atomic E-state index is 5.25. The maximum atomic E-state index is 5.25. The average Bonchev–Trinajstić information content (AvgIpc) is 2.37. The van der Waals surface area contributed by atoms with Crippen LogP contribution in [0.15, 0.2) is 29.3 Å². The molecule has 0 radical (unpaired) electrons. The van der Waals surface area contributed by atoms with Crippen LogP contribution in [0.1, 0.15) is 18.1 Å². The van der Waals surface area contributed by atoms with Gasteiger partial charge in [-0.1, -0.05) is 30.2 Å². The first-order chi connectivity index (χ1) is 8.69. The van der Waals surface area contributed by atoms with Crippen molar-refractivity contribution in [2.24, 2.45) is 4.99 Å². The molecule has 3 heteroatoms. The van der Waals surface area contributed by atoms with Crippen LogP contribution in [0.3, 0.4) is 0 Å². The summed E-state index contributed by atoms with van der Waals surface area (Å²) in [7, 11) is 2.02. The van der Waals surface area contributed by atoms with Crippen LogP contribution in [0.5, 0.6) is 0 Å². The number of aryl methyl sites for hydroxylation is 1. The van der Waals surface area contributed by atoms with Crippen LogP contribution in [-0.2, 0) is 6.54 Å². The van der Waals surface area contributed by atoms with Gasteiger partial charge in [-0.3, -0.25) is 0 Å². The molecule has 0 aromatic heterocycles. The number of rotatable bonds is 4. The van der Waals surface area contributed by atoms with E-state index in [1.165, 1.54) is 11.1 Å². The average molecular weight is 243 g/mol. The molecular formula is C15H21N3. The molecule has 1 aromatic carbocycles. The third-order valence-corrected chi connectivity index (χ3v) is 2.69. The van der Waals surface area contributed by atoms with Crippen LogP contribution >= 0.6 is 0 Å². The third kappa shape index (κ3) is 4.14.